The Morgan fingerprint density at radius 2 is 1.82 bits per heavy atom. The fourth-order valence-corrected chi connectivity index (χ4v) is 4.15. The molecule has 1 aliphatic heterocycles. The average Bonchev–Trinajstić information content (AvgIpc) is 2.94. The zero-order valence-corrected chi connectivity index (χ0v) is 15.6. The first-order valence-electron chi connectivity index (χ1n) is 9.63. The quantitative estimate of drug-likeness (QED) is 0.784. The molecule has 1 saturated heterocycles. The van der Waals surface area contributed by atoms with Crippen LogP contribution in [-0.2, 0) is 28.0 Å². The van der Waals surface area contributed by atoms with E-state index in [1.165, 1.54) is 0 Å². The number of amides is 4. The molecule has 28 heavy (non-hydrogen) atoms. The minimum absolute atomic E-state index is 0.261. The Labute approximate surface area is 163 Å². The van der Waals surface area contributed by atoms with E-state index in [9.17, 15) is 14.4 Å². The maximum absolute atomic E-state index is 13.1. The highest BCUT2D eigenvalue weighted by molar-refractivity contribution is 6.09. The van der Waals surface area contributed by atoms with Gasteiger partial charge >= 0.3 is 6.03 Å². The summed E-state index contributed by atoms with van der Waals surface area (Å²) in [6.45, 7) is 0.198. The lowest BCUT2D eigenvalue weighted by Gasteiger charge is -2.33. The van der Waals surface area contributed by atoms with Gasteiger partial charge in [0.05, 0.1) is 0 Å². The molecule has 0 aromatic heterocycles. The summed E-state index contributed by atoms with van der Waals surface area (Å²) < 4.78 is 0. The molecule has 1 heterocycles. The number of nitrogens with zero attached hydrogens (tertiary/aromatic N) is 1. The topological polar surface area (TPSA) is 78.5 Å². The number of carbonyl (C=O) groups is 3. The van der Waals surface area contributed by atoms with E-state index >= 15 is 0 Å². The van der Waals surface area contributed by atoms with E-state index in [1.54, 1.807) is 0 Å². The molecule has 0 saturated carbocycles. The van der Waals surface area contributed by atoms with Gasteiger partial charge in [-0.25, -0.2) is 4.79 Å². The Morgan fingerprint density at radius 3 is 2.64 bits per heavy atom. The van der Waals surface area contributed by atoms with Gasteiger partial charge in [0.15, 0.2) is 0 Å². The van der Waals surface area contributed by atoms with Crippen molar-refractivity contribution in [2.45, 2.75) is 31.2 Å². The van der Waals surface area contributed by atoms with Gasteiger partial charge in [-0.15, -0.1) is 0 Å². The van der Waals surface area contributed by atoms with Crippen LogP contribution in [0.25, 0.3) is 0 Å². The molecule has 6 nitrogen and oxygen atoms in total. The minimum atomic E-state index is -1.03. The van der Waals surface area contributed by atoms with E-state index in [4.69, 9.17) is 0 Å². The average molecular weight is 377 g/mol. The fraction of sp³-hybridized carbons (Fsp3) is 0.318. The van der Waals surface area contributed by atoms with Crippen LogP contribution in [-0.4, -0.2) is 35.8 Å². The van der Waals surface area contributed by atoms with E-state index in [1.807, 2.05) is 54.6 Å². The summed E-state index contributed by atoms with van der Waals surface area (Å²) in [5.74, 6) is -0.663. The lowest BCUT2D eigenvalue weighted by atomic mass is 9.76. The third kappa shape index (κ3) is 3.26. The highest BCUT2D eigenvalue weighted by Crippen LogP contribution is 2.39. The molecule has 6 heteroatoms. The van der Waals surface area contributed by atoms with Crippen molar-refractivity contribution in [3.63, 3.8) is 0 Å². The first-order chi connectivity index (χ1) is 13.6. The smallest absolute Gasteiger partial charge is 0.325 e. The van der Waals surface area contributed by atoms with Gasteiger partial charge in [-0.05, 0) is 42.4 Å². The molecule has 144 valence electrons. The van der Waals surface area contributed by atoms with Crippen LogP contribution in [0.3, 0.4) is 0 Å². The number of benzene rings is 2. The maximum atomic E-state index is 13.1. The molecule has 2 aliphatic rings. The number of carbonyl (C=O) groups excluding carboxylic acids is 3. The predicted molar refractivity (Wildman–Crippen MR) is 104 cm³/mol. The maximum Gasteiger partial charge on any atom is 0.325 e. The Kier molecular flexibility index (Phi) is 4.86. The number of imide groups is 1. The van der Waals surface area contributed by atoms with Crippen LogP contribution in [0.15, 0.2) is 54.6 Å². The number of hydrogen-bond donors (Lipinski definition) is 2. The third-order valence-corrected chi connectivity index (χ3v) is 5.53. The summed E-state index contributed by atoms with van der Waals surface area (Å²) >= 11 is 0. The van der Waals surface area contributed by atoms with E-state index in [2.05, 4.69) is 10.6 Å². The largest absolute Gasteiger partial charge is 0.354 e. The van der Waals surface area contributed by atoms with E-state index in [0.717, 1.165) is 34.4 Å². The lowest BCUT2D eigenvalue weighted by molar-refractivity contribution is -0.135. The van der Waals surface area contributed by atoms with E-state index in [-0.39, 0.29) is 18.4 Å². The molecular weight excluding hydrogens is 354 g/mol. The van der Waals surface area contributed by atoms with Gasteiger partial charge in [-0.2, -0.15) is 0 Å². The van der Waals surface area contributed by atoms with Gasteiger partial charge in [-0.3, -0.25) is 14.5 Å². The second-order valence-corrected chi connectivity index (χ2v) is 7.32. The molecule has 0 bridgehead atoms. The van der Waals surface area contributed by atoms with Gasteiger partial charge in [-0.1, -0.05) is 54.6 Å². The molecule has 1 aliphatic carbocycles. The molecule has 4 amide bonds. The van der Waals surface area contributed by atoms with Crippen LogP contribution in [0, 0.1) is 0 Å². The van der Waals surface area contributed by atoms with Crippen LogP contribution < -0.4 is 10.6 Å². The SMILES string of the molecule is O=C(CN1C(=O)N[C@@]2(CCCc3ccccc32)C1=O)NCCc1ccccc1. The Balaban J connectivity index is 1.42. The summed E-state index contributed by atoms with van der Waals surface area (Å²) in [7, 11) is 0. The van der Waals surface area contributed by atoms with Gasteiger partial charge in [0.25, 0.3) is 5.91 Å². The molecule has 2 N–H and O–H groups in total. The van der Waals surface area contributed by atoms with Crippen LogP contribution in [0.5, 0.6) is 0 Å². The summed E-state index contributed by atoms with van der Waals surface area (Å²) in [5.41, 5.74) is 2.02. The minimum Gasteiger partial charge on any atom is -0.354 e. The normalized spacial score (nSPS) is 20.8. The van der Waals surface area contributed by atoms with E-state index < -0.39 is 11.6 Å². The Morgan fingerprint density at radius 1 is 1.07 bits per heavy atom. The Hall–Kier alpha value is -3.15. The van der Waals surface area contributed by atoms with Crippen molar-refractivity contribution in [1.29, 1.82) is 0 Å². The molecule has 2 aromatic carbocycles. The first-order valence-corrected chi connectivity index (χ1v) is 9.63. The number of urea groups is 1. The van der Waals surface area contributed by atoms with Crippen molar-refractivity contribution < 1.29 is 14.4 Å². The molecule has 4 rings (SSSR count). The lowest BCUT2D eigenvalue weighted by Crippen LogP contribution is -2.47. The van der Waals surface area contributed by atoms with Crippen LogP contribution >= 0.6 is 0 Å². The van der Waals surface area contributed by atoms with Crippen molar-refractivity contribution in [2.75, 3.05) is 13.1 Å². The zero-order chi connectivity index (χ0) is 19.6. The summed E-state index contributed by atoms with van der Waals surface area (Å²) in [6.07, 6.45) is 2.96. The molecule has 1 fully saturated rings. The standard InChI is InChI=1S/C22H23N3O3/c26-19(23-14-12-16-7-2-1-3-8-16)15-25-20(27)22(24-21(25)28)13-6-10-17-9-4-5-11-18(17)22/h1-5,7-9,11H,6,10,12-15H2,(H,23,26)(H,24,28)/t22-/m1/s1. The number of nitrogens with one attached hydrogen (secondary N) is 2. The summed E-state index contributed by atoms with van der Waals surface area (Å²) in [5, 5.41) is 5.67. The number of rotatable bonds is 5. The number of fused-ring (bicyclic) bond motifs is 2. The van der Waals surface area contributed by atoms with Crippen molar-refractivity contribution in [3.05, 3.63) is 71.3 Å². The van der Waals surface area contributed by atoms with Crippen LogP contribution in [0.2, 0.25) is 0 Å². The Bertz CT molecular complexity index is 912. The van der Waals surface area contributed by atoms with Crippen molar-refractivity contribution in [3.8, 4) is 0 Å². The van der Waals surface area contributed by atoms with Gasteiger partial charge < -0.3 is 10.6 Å². The van der Waals surface area contributed by atoms with Gasteiger partial charge in [0.1, 0.15) is 12.1 Å². The second-order valence-electron chi connectivity index (χ2n) is 7.32. The van der Waals surface area contributed by atoms with Crippen LogP contribution in [0.1, 0.15) is 29.5 Å². The molecule has 2 aromatic rings. The molecule has 0 unspecified atom stereocenters. The second kappa shape index (κ2) is 7.46. The first kappa shape index (κ1) is 18.2. The summed E-state index contributed by atoms with van der Waals surface area (Å²) in [6, 6.07) is 17.0. The highest BCUT2D eigenvalue weighted by Gasteiger charge is 2.54. The fourth-order valence-electron chi connectivity index (χ4n) is 4.15. The molecule has 1 atom stereocenters. The molecular formula is C22H23N3O3. The third-order valence-electron chi connectivity index (χ3n) is 5.53. The van der Waals surface area contributed by atoms with Gasteiger partial charge in [0.2, 0.25) is 5.91 Å². The van der Waals surface area contributed by atoms with Crippen molar-refractivity contribution >= 4 is 17.8 Å². The number of aryl methyl sites for hydroxylation is 1. The monoisotopic (exact) mass is 377 g/mol. The van der Waals surface area contributed by atoms with Crippen molar-refractivity contribution in [1.82, 2.24) is 15.5 Å². The predicted octanol–water partition coefficient (Wildman–Crippen LogP) is 2.13. The number of hydrogen-bond acceptors (Lipinski definition) is 3. The molecule has 1 spiro atoms. The zero-order valence-electron chi connectivity index (χ0n) is 15.6. The highest BCUT2D eigenvalue weighted by atomic mass is 16.2. The van der Waals surface area contributed by atoms with Crippen LogP contribution in [0.4, 0.5) is 4.79 Å². The summed E-state index contributed by atoms with van der Waals surface area (Å²) in [4.78, 5) is 39.0. The van der Waals surface area contributed by atoms with Crippen molar-refractivity contribution in [2.24, 2.45) is 0 Å². The van der Waals surface area contributed by atoms with Gasteiger partial charge in [0, 0.05) is 6.54 Å². The van der Waals surface area contributed by atoms with E-state index in [0.29, 0.717) is 19.4 Å². The molecule has 0 radical (unpaired) electrons.